The first kappa shape index (κ1) is 30.8. The van der Waals surface area contributed by atoms with E-state index in [2.05, 4.69) is 4.98 Å². The molecular weight excluding hydrogens is 564 g/mol. The van der Waals surface area contributed by atoms with Crippen LogP contribution in [0.1, 0.15) is 52.3 Å². The minimum atomic E-state index is -5.13. The Morgan fingerprint density at radius 3 is 2.10 bits per heavy atom. The van der Waals surface area contributed by atoms with Gasteiger partial charge in [0.25, 0.3) is 11.5 Å². The molecule has 0 radical (unpaired) electrons. The quantitative estimate of drug-likeness (QED) is 0.199. The topological polar surface area (TPSA) is 64.4 Å². The largest absolute Gasteiger partial charge is 0.416 e. The number of alkyl halides is 6. The van der Waals surface area contributed by atoms with Gasteiger partial charge < -0.3 is 9.64 Å². The van der Waals surface area contributed by atoms with Crippen molar-refractivity contribution in [3.8, 4) is 0 Å². The molecule has 0 saturated carbocycles. The van der Waals surface area contributed by atoms with Crippen molar-refractivity contribution >= 4 is 16.8 Å². The zero-order valence-electron chi connectivity index (χ0n) is 22.7. The number of hydrogen-bond acceptors (Lipinski definition) is 4. The van der Waals surface area contributed by atoms with Gasteiger partial charge in [-0.15, -0.1) is 0 Å². The molecule has 0 bridgehead atoms. The zero-order valence-corrected chi connectivity index (χ0v) is 22.7. The summed E-state index contributed by atoms with van der Waals surface area (Å²) in [5.41, 5.74) is -3.52. The molecule has 1 aromatic heterocycles. The van der Waals surface area contributed by atoms with Gasteiger partial charge >= 0.3 is 12.4 Å². The molecule has 3 aromatic carbocycles. The van der Waals surface area contributed by atoms with Gasteiger partial charge in [0.1, 0.15) is 5.82 Å². The molecule has 0 aliphatic rings. The van der Waals surface area contributed by atoms with Gasteiger partial charge in [-0.25, -0.2) is 4.98 Å². The van der Waals surface area contributed by atoms with Crippen LogP contribution in [-0.2, 0) is 30.2 Å². The van der Waals surface area contributed by atoms with E-state index in [4.69, 9.17) is 4.74 Å². The highest BCUT2D eigenvalue weighted by molar-refractivity contribution is 5.95. The second-order valence-electron chi connectivity index (χ2n) is 9.57. The minimum absolute atomic E-state index is 0.0249. The number of benzene rings is 3. The Morgan fingerprint density at radius 2 is 1.52 bits per heavy atom. The van der Waals surface area contributed by atoms with Crippen LogP contribution >= 0.6 is 0 Å². The van der Waals surface area contributed by atoms with Crippen LogP contribution in [0, 0.1) is 0 Å². The van der Waals surface area contributed by atoms with E-state index in [1.54, 1.807) is 61.5 Å². The maximum Gasteiger partial charge on any atom is 0.416 e. The van der Waals surface area contributed by atoms with Crippen molar-refractivity contribution in [3.05, 3.63) is 111 Å². The molecule has 0 aliphatic heterocycles. The number of nitrogens with zero attached hydrogens (tertiary/aromatic N) is 3. The predicted octanol–water partition coefficient (Wildman–Crippen LogP) is 6.87. The number of rotatable bonds is 9. The van der Waals surface area contributed by atoms with Gasteiger partial charge in [0, 0.05) is 19.2 Å². The van der Waals surface area contributed by atoms with Crippen LogP contribution < -0.4 is 5.56 Å². The molecule has 0 fully saturated rings. The Morgan fingerprint density at radius 1 is 0.929 bits per heavy atom. The van der Waals surface area contributed by atoms with Gasteiger partial charge in [0.2, 0.25) is 0 Å². The summed E-state index contributed by atoms with van der Waals surface area (Å²) in [5.74, 6) is -0.950. The second-order valence-corrected chi connectivity index (χ2v) is 9.57. The van der Waals surface area contributed by atoms with Crippen molar-refractivity contribution in [3.63, 3.8) is 0 Å². The fraction of sp³-hybridized carbons (Fsp3) is 0.300. The normalized spacial score (nSPS) is 12.9. The summed E-state index contributed by atoms with van der Waals surface area (Å²) < 4.78 is 88.4. The van der Waals surface area contributed by atoms with Crippen molar-refractivity contribution in [1.82, 2.24) is 14.5 Å². The van der Waals surface area contributed by atoms with E-state index in [9.17, 15) is 35.9 Å². The summed E-state index contributed by atoms with van der Waals surface area (Å²) in [6, 6.07) is 14.8. The molecule has 1 heterocycles. The first-order valence-electron chi connectivity index (χ1n) is 13.0. The van der Waals surface area contributed by atoms with Crippen molar-refractivity contribution in [2.45, 2.75) is 44.8 Å². The molecule has 12 heteroatoms. The third-order valence-electron chi connectivity index (χ3n) is 6.76. The molecule has 0 N–H and O–H groups in total. The first-order valence-corrected chi connectivity index (χ1v) is 13.0. The fourth-order valence-electron chi connectivity index (χ4n) is 4.73. The van der Waals surface area contributed by atoms with Crippen LogP contribution in [0.4, 0.5) is 26.3 Å². The minimum Gasteiger partial charge on any atom is -0.383 e. The molecular formula is C30H27F6N3O3. The number of carbonyl (C=O) groups is 1. The van der Waals surface area contributed by atoms with Crippen LogP contribution in [0.15, 0.2) is 77.6 Å². The van der Waals surface area contributed by atoms with E-state index in [1.807, 2.05) is 0 Å². The van der Waals surface area contributed by atoms with E-state index in [-0.39, 0.29) is 38.0 Å². The number of amides is 1. The van der Waals surface area contributed by atoms with E-state index in [1.165, 1.54) is 11.7 Å². The summed E-state index contributed by atoms with van der Waals surface area (Å²) >= 11 is 0. The third-order valence-corrected chi connectivity index (χ3v) is 6.76. The van der Waals surface area contributed by atoms with Crippen LogP contribution in [-0.4, -0.2) is 34.1 Å². The molecule has 1 amide bonds. The maximum absolute atomic E-state index is 14.0. The highest BCUT2D eigenvalue weighted by atomic mass is 19.4. The van der Waals surface area contributed by atoms with Gasteiger partial charge in [-0.3, -0.25) is 14.2 Å². The highest BCUT2D eigenvalue weighted by Gasteiger charge is 2.39. The van der Waals surface area contributed by atoms with Crippen LogP contribution in [0.25, 0.3) is 10.9 Å². The van der Waals surface area contributed by atoms with E-state index in [0.29, 0.717) is 28.6 Å². The van der Waals surface area contributed by atoms with Crippen LogP contribution in [0.3, 0.4) is 0 Å². The number of para-hydroxylation sites is 1. The average Bonchev–Trinajstić information content (AvgIpc) is 2.96. The van der Waals surface area contributed by atoms with Crippen molar-refractivity contribution in [2.75, 3.05) is 13.7 Å². The SMILES string of the molecule is CCC(c1nc2ccccc2c(=O)n1CCOC)N(Cc1ccccc1)C(=O)c1cc(C(F)(F)F)cc(C(F)(F)F)c1. The Bertz CT molecular complexity index is 1580. The summed E-state index contributed by atoms with van der Waals surface area (Å²) in [4.78, 5) is 33.4. The Hall–Kier alpha value is -4.19. The summed E-state index contributed by atoms with van der Waals surface area (Å²) in [7, 11) is 1.44. The maximum atomic E-state index is 14.0. The average molecular weight is 592 g/mol. The Kier molecular flexibility index (Phi) is 9.05. The number of carbonyl (C=O) groups excluding carboxylic acids is 1. The van der Waals surface area contributed by atoms with Gasteiger partial charge in [-0.2, -0.15) is 26.3 Å². The van der Waals surface area contributed by atoms with Gasteiger partial charge in [0.05, 0.1) is 41.2 Å². The number of aromatic nitrogens is 2. The number of ether oxygens (including phenoxy) is 1. The van der Waals surface area contributed by atoms with E-state index >= 15 is 0 Å². The summed E-state index contributed by atoms with van der Waals surface area (Å²) in [6.45, 7) is 1.67. The lowest BCUT2D eigenvalue weighted by Gasteiger charge is -2.33. The van der Waals surface area contributed by atoms with Gasteiger partial charge in [0.15, 0.2) is 0 Å². The Labute approximate surface area is 237 Å². The van der Waals surface area contributed by atoms with E-state index in [0.717, 1.165) is 4.90 Å². The lowest BCUT2D eigenvalue weighted by atomic mass is 10.0. The van der Waals surface area contributed by atoms with Crippen LogP contribution in [0.5, 0.6) is 0 Å². The molecule has 4 rings (SSSR count). The number of hydrogen-bond donors (Lipinski definition) is 0. The number of methoxy groups -OCH3 is 1. The lowest BCUT2D eigenvalue weighted by Crippen LogP contribution is -2.39. The van der Waals surface area contributed by atoms with Crippen molar-refractivity contribution in [1.29, 1.82) is 0 Å². The molecule has 0 aliphatic carbocycles. The monoisotopic (exact) mass is 591 g/mol. The van der Waals surface area contributed by atoms with Gasteiger partial charge in [-0.1, -0.05) is 49.4 Å². The highest BCUT2D eigenvalue weighted by Crippen LogP contribution is 2.37. The van der Waals surface area contributed by atoms with Crippen molar-refractivity contribution < 1.29 is 35.9 Å². The zero-order chi connectivity index (χ0) is 30.7. The van der Waals surface area contributed by atoms with E-state index < -0.39 is 46.6 Å². The third kappa shape index (κ3) is 6.64. The molecule has 0 saturated heterocycles. The molecule has 1 unspecified atom stereocenters. The standard InChI is InChI=1S/C30H27F6N3O3/c1-3-25(26-37-24-12-8-7-11-23(24)28(41)38(26)13-14-42-2)39(18-19-9-5-4-6-10-19)27(40)20-15-21(29(31,32)33)17-22(16-20)30(34,35)36/h4-12,15-17,25H,3,13-14,18H2,1-2H3. The van der Waals surface area contributed by atoms with Crippen LogP contribution in [0.2, 0.25) is 0 Å². The number of fused-ring (bicyclic) bond motifs is 1. The Balaban J connectivity index is 1.94. The predicted molar refractivity (Wildman–Crippen MR) is 144 cm³/mol. The van der Waals surface area contributed by atoms with Gasteiger partial charge in [-0.05, 0) is 42.3 Å². The summed E-state index contributed by atoms with van der Waals surface area (Å²) in [6.07, 6.45) is -10.1. The van der Waals surface area contributed by atoms with Crippen molar-refractivity contribution in [2.24, 2.45) is 0 Å². The first-order chi connectivity index (χ1) is 19.8. The molecule has 6 nitrogen and oxygen atoms in total. The molecule has 1 atom stereocenters. The molecule has 4 aromatic rings. The summed E-state index contributed by atoms with van der Waals surface area (Å²) in [5, 5.41) is 0.306. The smallest absolute Gasteiger partial charge is 0.383 e. The molecule has 0 spiro atoms. The number of halogens is 6. The molecule has 222 valence electrons. The lowest BCUT2D eigenvalue weighted by molar-refractivity contribution is -0.143. The molecule has 42 heavy (non-hydrogen) atoms. The second kappa shape index (κ2) is 12.4. The fourth-order valence-corrected chi connectivity index (χ4v) is 4.73.